The second-order valence-corrected chi connectivity index (χ2v) is 5.69. The molecule has 0 aliphatic rings. The second kappa shape index (κ2) is 5.98. The summed E-state index contributed by atoms with van der Waals surface area (Å²) in [6.45, 7) is -3.80. The van der Waals surface area contributed by atoms with E-state index in [2.05, 4.69) is 4.18 Å². The zero-order valence-electron chi connectivity index (χ0n) is 10.6. The highest BCUT2D eigenvalue weighted by atomic mass is 32.2. The van der Waals surface area contributed by atoms with Gasteiger partial charge in [-0.05, 0) is 0 Å². The lowest BCUT2D eigenvalue weighted by molar-refractivity contribution is -0.423. The molecule has 0 aromatic heterocycles. The Hall–Kier alpha value is -1.07. The molecule has 0 saturated heterocycles. The molecule has 25 heavy (non-hydrogen) atoms. The summed E-state index contributed by atoms with van der Waals surface area (Å²) in [6, 6.07) is 0. The molecule has 0 aliphatic heterocycles. The van der Waals surface area contributed by atoms with Crippen LogP contribution in [0.15, 0.2) is 0 Å². The van der Waals surface area contributed by atoms with Gasteiger partial charge in [0, 0.05) is 0 Å². The van der Waals surface area contributed by atoms with Crippen LogP contribution in [0.4, 0.5) is 61.5 Å². The standard InChI is InChI=1S/C7H2F14O3S/c8-2(9,1-24-25(22,23)7(19,20)21)3(10,11)4(12,13)5(14,15)6(16,17)18/h1H2. The van der Waals surface area contributed by atoms with Gasteiger partial charge in [-0.1, -0.05) is 0 Å². The third kappa shape index (κ3) is 3.87. The molecule has 18 heteroatoms. The van der Waals surface area contributed by atoms with E-state index in [4.69, 9.17) is 0 Å². The highest BCUT2D eigenvalue weighted by Crippen LogP contribution is 2.57. The number of rotatable bonds is 6. The zero-order chi connectivity index (χ0) is 20.9. The summed E-state index contributed by atoms with van der Waals surface area (Å²) in [7, 11) is -7.07. The van der Waals surface area contributed by atoms with Crippen molar-refractivity contribution in [3.63, 3.8) is 0 Å². The van der Waals surface area contributed by atoms with Crippen LogP contribution in [0.3, 0.4) is 0 Å². The Morgan fingerprint density at radius 3 is 1.24 bits per heavy atom. The van der Waals surface area contributed by atoms with Gasteiger partial charge in [0.2, 0.25) is 0 Å². The SMILES string of the molecule is O=S(=O)(OCC(F)(F)C(F)(F)C(F)(F)C(F)(F)C(F)(F)F)C(F)(F)F. The molecule has 0 radical (unpaired) electrons. The Labute approximate surface area is 127 Å². The molecular formula is C7H2F14O3S. The van der Waals surface area contributed by atoms with E-state index >= 15 is 0 Å². The minimum absolute atomic E-state index is 2.30. The highest BCUT2D eigenvalue weighted by molar-refractivity contribution is 7.87. The predicted octanol–water partition coefficient (Wildman–Crippen LogP) is 3.96. The molecule has 0 rings (SSSR count). The molecular weight excluding hydrogens is 430 g/mol. The summed E-state index contributed by atoms with van der Waals surface area (Å²) in [5.74, 6) is -30.2. The number of halogens is 14. The minimum atomic E-state index is -7.88. The molecule has 0 bridgehead atoms. The first-order chi connectivity index (χ1) is 10.5. The van der Waals surface area contributed by atoms with Crippen LogP contribution in [0.25, 0.3) is 0 Å². The van der Waals surface area contributed by atoms with Gasteiger partial charge in [-0.25, -0.2) is 0 Å². The second-order valence-electron chi connectivity index (χ2n) is 4.09. The van der Waals surface area contributed by atoms with Crippen LogP contribution in [0.5, 0.6) is 0 Å². The smallest absolute Gasteiger partial charge is 0.257 e. The maximum Gasteiger partial charge on any atom is 0.523 e. The summed E-state index contributed by atoms with van der Waals surface area (Å²) < 4.78 is 194. The van der Waals surface area contributed by atoms with Gasteiger partial charge in [0.1, 0.15) is 6.61 Å². The van der Waals surface area contributed by atoms with Crippen LogP contribution in [-0.4, -0.2) is 50.4 Å². The van der Waals surface area contributed by atoms with Crippen LogP contribution < -0.4 is 0 Å². The predicted molar refractivity (Wildman–Crippen MR) is 46.8 cm³/mol. The zero-order valence-corrected chi connectivity index (χ0v) is 11.4. The maximum atomic E-state index is 12.8. The van der Waals surface area contributed by atoms with E-state index in [1.165, 1.54) is 0 Å². The summed E-state index contributed by atoms with van der Waals surface area (Å²) in [4.78, 5) is 0. The molecule has 0 fully saturated rings. The van der Waals surface area contributed by atoms with Crippen LogP contribution in [-0.2, 0) is 14.3 Å². The van der Waals surface area contributed by atoms with E-state index < -0.39 is 52.1 Å². The first kappa shape index (κ1) is 23.9. The van der Waals surface area contributed by atoms with Crippen molar-refractivity contribution in [2.24, 2.45) is 0 Å². The molecule has 3 nitrogen and oxygen atoms in total. The molecule has 0 spiro atoms. The Morgan fingerprint density at radius 1 is 0.600 bits per heavy atom. The van der Waals surface area contributed by atoms with Gasteiger partial charge in [0.15, 0.2) is 0 Å². The van der Waals surface area contributed by atoms with Crippen molar-refractivity contribution in [3.8, 4) is 0 Å². The number of alkyl halides is 14. The molecule has 0 amide bonds. The largest absolute Gasteiger partial charge is 0.523 e. The Balaban J connectivity index is 5.84. The molecule has 0 saturated carbocycles. The van der Waals surface area contributed by atoms with Crippen molar-refractivity contribution in [2.75, 3.05) is 6.61 Å². The van der Waals surface area contributed by atoms with Gasteiger partial charge < -0.3 is 0 Å². The average Bonchev–Trinajstić information content (AvgIpc) is 2.33. The Morgan fingerprint density at radius 2 is 0.960 bits per heavy atom. The van der Waals surface area contributed by atoms with Crippen molar-refractivity contribution in [3.05, 3.63) is 0 Å². The average molecular weight is 432 g/mol. The van der Waals surface area contributed by atoms with Gasteiger partial charge in [-0.15, -0.1) is 0 Å². The van der Waals surface area contributed by atoms with E-state index in [9.17, 15) is 69.9 Å². The molecule has 0 aliphatic carbocycles. The lowest BCUT2D eigenvalue weighted by Crippen LogP contribution is -2.67. The van der Waals surface area contributed by atoms with Crippen LogP contribution in [0.1, 0.15) is 0 Å². The van der Waals surface area contributed by atoms with Gasteiger partial charge >= 0.3 is 45.5 Å². The summed E-state index contributed by atoms with van der Waals surface area (Å²) in [5.41, 5.74) is -6.50. The van der Waals surface area contributed by atoms with Gasteiger partial charge in [-0.3, -0.25) is 4.18 Å². The fraction of sp³-hybridized carbons (Fsp3) is 1.00. The number of hydrogen-bond acceptors (Lipinski definition) is 3. The molecule has 0 atom stereocenters. The van der Waals surface area contributed by atoms with Crippen molar-refractivity contribution < 1.29 is 74.1 Å². The highest BCUT2D eigenvalue weighted by Gasteiger charge is 2.87. The molecule has 0 aromatic rings. The van der Waals surface area contributed by atoms with Crippen LogP contribution in [0.2, 0.25) is 0 Å². The number of hydrogen-bond donors (Lipinski definition) is 0. The maximum absolute atomic E-state index is 12.8. The van der Waals surface area contributed by atoms with Crippen molar-refractivity contribution in [1.29, 1.82) is 0 Å². The lowest BCUT2D eigenvalue weighted by Gasteiger charge is -2.36. The first-order valence-corrected chi connectivity index (χ1v) is 6.40. The topological polar surface area (TPSA) is 43.4 Å². The van der Waals surface area contributed by atoms with E-state index in [0.29, 0.717) is 0 Å². The minimum Gasteiger partial charge on any atom is -0.257 e. The lowest BCUT2D eigenvalue weighted by atomic mass is 9.98. The third-order valence-electron chi connectivity index (χ3n) is 2.28. The quantitative estimate of drug-likeness (QED) is 0.363. The van der Waals surface area contributed by atoms with Crippen LogP contribution >= 0.6 is 0 Å². The van der Waals surface area contributed by atoms with E-state index in [1.807, 2.05) is 0 Å². The van der Waals surface area contributed by atoms with Crippen molar-refractivity contribution in [2.45, 2.75) is 35.4 Å². The Bertz CT molecular complexity index is 585. The van der Waals surface area contributed by atoms with Gasteiger partial charge in [0.05, 0.1) is 0 Å². The normalized spacial score (nSPS) is 16.2. The summed E-state index contributed by atoms with van der Waals surface area (Å²) >= 11 is 0. The molecule has 152 valence electrons. The molecule has 0 heterocycles. The van der Waals surface area contributed by atoms with Gasteiger partial charge in [0.25, 0.3) is 0 Å². The molecule has 0 N–H and O–H groups in total. The Kier molecular flexibility index (Phi) is 5.73. The van der Waals surface area contributed by atoms with Gasteiger partial charge in [-0.2, -0.15) is 69.9 Å². The summed E-state index contributed by atoms with van der Waals surface area (Å²) in [5, 5.41) is 0. The van der Waals surface area contributed by atoms with Crippen LogP contribution in [0, 0.1) is 0 Å². The van der Waals surface area contributed by atoms with Crippen molar-refractivity contribution in [1.82, 2.24) is 0 Å². The third-order valence-corrected chi connectivity index (χ3v) is 3.28. The van der Waals surface area contributed by atoms with E-state index in [1.54, 1.807) is 0 Å². The first-order valence-electron chi connectivity index (χ1n) is 4.99. The fourth-order valence-electron chi connectivity index (χ4n) is 0.914. The summed E-state index contributed by atoms with van der Waals surface area (Å²) in [6.07, 6.45) is -7.46. The van der Waals surface area contributed by atoms with E-state index in [-0.39, 0.29) is 0 Å². The molecule has 0 unspecified atom stereocenters. The molecule has 0 aromatic carbocycles. The van der Waals surface area contributed by atoms with E-state index in [0.717, 1.165) is 0 Å². The fourth-order valence-corrected chi connectivity index (χ4v) is 1.35. The monoisotopic (exact) mass is 432 g/mol. The van der Waals surface area contributed by atoms with Crippen molar-refractivity contribution >= 4 is 10.1 Å².